The van der Waals surface area contributed by atoms with Crippen molar-refractivity contribution >= 4 is 11.3 Å². The normalized spacial score (nSPS) is 12.8. The number of hydrogen-bond acceptors (Lipinski definition) is 1. The molecule has 0 aliphatic rings. The van der Waals surface area contributed by atoms with Crippen molar-refractivity contribution in [3.63, 3.8) is 0 Å². The summed E-state index contributed by atoms with van der Waals surface area (Å²) in [6, 6.07) is 4.46. The van der Waals surface area contributed by atoms with Crippen LogP contribution in [0.15, 0.2) is 17.5 Å². The number of unbranched alkanes of at least 4 members (excludes halogenated alkanes) is 3. The molecule has 1 heterocycles. The molecule has 0 saturated carbocycles. The van der Waals surface area contributed by atoms with Crippen LogP contribution in [0, 0.1) is 5.92 Å². The lowest BCUT2D eigenvalue weighted by molar-refractivity contribution is 0.391. The highest BCUT2D eigenvalue weighted by Gasteiger charge is 2.08. The molecule has 1 aromatic rings. The fraction of sp³-hybridized carbons (Fsp3) is 0.750. The third-order valence-electron chi connectivity index (χ3n) is 3.56. The second-order valence-corrected chi connectivity index (χ2v) is 6.15. The lowest BCUT2D eigenvalue weighted by atomic mass is 9.91. The van der Waals surface area contributed by atoms with Crippen LogP contribution in [0.1, 0.15) is 70.1 Å². The van der Waals surface area contributed by atoms with Crippen molar-refractivity contribution < 1.29 is 0 Å². The van der Waals surface area contributed by atoms with Gasteiger partial charge in [0.2, 0.25) is 0 Å². The predicted octanol–water partition coefficient (Wildman–Crippen LogP) is 6.07. The third-order valence-corrected chi connectivity index (χ3v) is 4.50. The molecule has 1 atom stereocenters. The Morgan fingerprint density at radius 2 is 1.76 bits per heavy atom. The zero-order chi connectivity index (χ0) is 12.3. The molecule has 0 radical (unpaired) electrons. The Balaban J connectivity index is 2.23. The van der Waals surface area contributed by atoms with E-state index in [2.05, 4.69) is 31.4 Å². The summed E-state index contributed by atoms with van der Waals surface area (Å²) >= 11 is 1.92. The van der Waals surface area contributed by atoms with Crippen molar-refractivity contribution in [2.45, 2.75) is 71.6 Å². The van der Waals surface area contributed by atoms with Crippen LogP contribution in [0.2, 0.25) is 0 Å². The van der Waals surface area contributed by atoms with Gasteiger partial charge in [-0.15, -0.1) is 11.3 Å². The average Bonchev–Trinajstić information content (AvgIpc) is 2.85. The molecule has 0 N–H and O–H groups in total. The highest BCUT2D eigenvalue weighted by Crippen LogP contribution is 2.23. The summed E-state index contributed by atoms with van der Waals surface area (Å²) in [5.41, 5.74) is 0. The van der Waals surface area contributed by atoms with E-state index < -0.39 is 0 Å². The molecule has 0 nitrogen and oxygen atoms in total. The topological polar surface area (TPSA) is 0 Å². The Hall–Kier alpha value is -0.300. The number of rotatable bonds is 10. The SMILES string of the molecule is CCCCCC(CCCC)CCc1cccs1. The highest BCUT2D eigenvalue weighted by molar-refractivity contribution is 7.09. The molecule has 1 unspecified atom stereocenters. The van der Waals surface area contributed by atoms with Crippen LogP contribution < -0.4 is 0 Å². The van der Waals surface area contributed by atoms with Crippen molar-refractivity contribution in [3.05, 3.63) is 22.4 Å². The van der Waals surface area contributed by atoms with Gasteiger partial charge in [-0.05, 0) is 30.2 Å². The molecular weight excluding hydrogens is 224 g/mol. The largest absolute Gasteiger partial charge is 0.149 e. The van der Waals surface area contributed by atoms with E-state index in [1.165, 1.54) is 57.8 Å². The standard InChI is InChI=1S/C16H28S/c1-3-5-7-10-15(9-6-4-2)12-13-16-11-8-14-17-16/h8,11,14-15H,3-7,9-10,12-13H2,1-2H3. The zero-order valence-corrected chi connectivity index (χ0v) is 12.4. The quantitative estimate of drug-likeness (QED) is 0.443. The van der Waals surface area contributed by atoms with Crippen molar-refractivity contribution in [2.75, 3.05) is 0 Å². The van der Waals surface area contributed by atoms with E-state index in [9.17, 15) is 0 Å². The van der Waals surface area contributed by atoms with Gasteiger partial charge in [-0.2, -0.15) is 0 Å². The van der Waals surface area contributed by atoms with Crippen LogP contribution >= 0.6 is 11.3 Å². The van der Waals surface area contributed by atoms with Gasteiger partial charge >= 0.3 is 0 Å². The summed E-state index contributed by atoms with van der Waals surface area (Å²) in [7, 11) is 0. The van der Waals surface area contributed by atoms with E-state index in [0.29, 0.717) is 0 Å². The Labute approximate surface area is 111 Å². The van der Waals surface area contributed by atoms with E-state index in [1.54, 1.807) is 4.88 Å². The van der Waals surface area contributed by atoms with Crippen molar-refractivity contribution in [3.8, 4) is 0 Å². The molecule has 1 rings (SSSR count). The minimum atomic E-state index is 0.976. The van der Waals surface area contributed by atoms with Gasteiger partial charge in [0.1, 0.15) is 0 Å². The van der Waals surface area contributed by atoms with Crippen LogP contribution in [0.4, 0.5) is 0 Å². The van der Waals surface area contributed by atoms with E-state index in [-0.39, 0.29) is 0 Å². The molecule has 1 heteroatoms. The van der Waals surface area contributed by atoms with Crippen LogP contribution in [-0.4, -0.2) is 0 Å². The summed E-state index contributed by atoms with van der Waals surface area (Å²) in [5.74, 6) is 0.976. The fourth-order valence-electron chi connectivity index (χ4n) is 2.41. The number of aryl methyl sites for hydroxylation is 1. The monoisotopic (exact) mass is 252 g/mol. The van der Waals surface area contributed by atoms with E-state index >= 15 is 0 Å². The highest BCUT2D eigenvalue weighted by atomic mass is 32.1. The first kappa shape index (κ1) is 14.8. The molecular formula is C16H28S. The van der Waals surface area contributed by atoms with Crippen molar-refractivity contribution in [1.82, 2.24) is 0 Å². The van der Waals surface area contributed by atoms with Gasteiger partial charge in [-0.3, -0.25) is 0 Å². The van der Waals surface area contributed by atoms with Gasteiger partial charge in [0.05, 0.1) is 0 Å². The molecule has 0 aliphatic heterocycles. The van der Waals surface area contributed by atoms with Crippen molar-refractivity contribution in [1.29, 1.82) is 0 Å². The third kappa shape index (κ3) is 6.88. The van der Waals surface area contributed by atoms with E-state index in [0.717, 1.165) is 5.92 Å². The van der Waals surface area contributed by atoms with Crippen LogP contribution in [0.3, 0.4) is 0 Å². The summed E-state index contributed by atoms with van der Waals surface area (Å²) in [4.78, 5) is 1.57. The van der Waals surface area contributed by atoms with Crippen LogP contribution in [-0.2, 0) is 6.42 Å². The van der Waals surface area contributed by atoms with Gasteiger partial charge in [0.25, 0.3) is 0 Å². The van der Waals surface area contributed by atoms with Gasteiger partial charge < -0.3 is 0 Å². The fourth-order valence-corrected chi connectivity index (χ4v) is 3.13. The Bertz CT molecular complexity index is 250. The molecule has 0 aromatic carbocycles. The Kier molecular flexibility index (Phi) is 8.42. The minimum Gasteiger partial charge on any atom is -0.149 e. The zero-order valence-electron chi connectivity index (χ0n) is 11.6. The summed E-state index contributed by atoms with van der Waals surface area (Å²) < 4.78 is 0. The summed E-state index contributed by atoms with van der Waals surface area (Å²) in [6.45, 7) is 4.61. The Morgan fingerprint density at radius 3 is 2.41 bits per heavy atom. The second-order valence-electron chi connectivity index (χ2n) is 5.12. The van der Waals surface area contributed by atoms with Gasteiger partial charge in [-0.1, -0.05) is 64.9 Å². The molecule has 0 fully saturated rings. The van der Waals surface area contributed by atoms with E-state index in [4.69, 9.17) is 0 Å². The predicted molar refractivity (Wildman–Crippen MR) is 79.8 cm³/mol. The molecule has 98 valence electrons. The number of hydrogen-bond donors (Lipinski definition) is 0. The van der Waals surface area contributed by atoms with Crippen LogP contribution in [0.25, 0.3) is 0 Å². The minimum absolute atomic E-state index is 0.976. The smallest absolute Gasteiger partial charge is 0.00453 e. The molecule has 17 heavy (non-hydrogen) atoms. The summed E-state index contributed by atoms with van der Waals surface area (Å²) in [6.07, 6.45) is 12.6. The lowest BCUT2D eigenvalue weighted by Crippen LogP contribution is -2.02. The number of thiophene rings is 1. The Morgan fingerprint density at radius 1 is 1.00 bits per heavy atom. The maximum Gasteiger partial charge on any atom is 0.00453 e. The van der Waals surface area contributed by atoms with E-state index in [1.807, 2.05) is 11.3 Å². The maximum atomic E-state index is 2.31. The molecule has 0 amide bonds. The molecule has 0 aliphatic carbocycles. The second kappa shape index (κ2) is 9.70. The lowest BCUT2D eigenvalue weighted by Gasteiger charge is -2.16. The van der Waals surface area contributed by atoms with Crippen molar-refractivity contribution in [2.24, 2.45) is 5.92 Å². The van der Waals surface area contributed by atoms with Gasteiger partial charge in [0, 0.05) is 4.88 Å². The maximum absolute atomic E-state index is 2.31. The molecule has 0 spiro atoms. The molecule has 0 bridgehead atoms. The average molecular weight is 252 g/mol. The van der Waals surface area contributed by atoms with Gasteiger partial charge in [0.15, 0.2) is 0 Å². The molecule has 0 saturated heterocycles. The first-order valence-corrected chi connectivity index (χ1v) is 8.27. The first-order valence-electron chi connectivity index (χ1n) is 7.39. The molecule has 1 aromatic heterocycles. The summed E-state index contributed by atoms with van der Waals surface area (Å²) in [5, 5.41) is 2.20. The first-order chi connectivity index (χ1) is 8.36. The van der Waals surface area contributed by atoms with Gasteiger partial charge in [-0.25, -0.2) is 0 Å². The van der Waals surface area contributed by atoms with Crippen LogP contribution in [0.5, 0.6) is 0 Å².